The Balaban J connectivity index is 1.79. The number of H-pyrrole nitrogens is 1. The van der Waals surface area contributed by atoms with E-state index >= 15 is 0 Å². The lowest BCUT2D eigenvalue weighted by Gasteiger charge is -2.03. The van der Waals surface area contributed by atoms with Crippen LogP contribution in [0.25, 0.3) is 10.9 Å². The normalized spacial score (nSPS) is 10.9. The number of nitrogens with zero attached hydrogens (tertiary/aromatic N) is 1. The number of methoxy groups -OCH3 is 1. The lowest BCUT2D eigenvalue weighted by Crippen LogP contribution is -2.12. The molecule has 3 aromatic rings. The summed E-state index contributed by atoms with van der Waals surface area (Å²) in [7, 11) is 1.56. The maximum atomic E-state index is 12.1. The van der Waals surface area contributed by atoms with E-state index in [0.29, 0.717) is 22.5 Å². The van der Waals surface area contributed by atoms with E-state index in [1.807, 2.05) is 12.1 Å². The van der Waals surface area contributed by atoms with E-state index in [1.54, 1.807) is 31.4 Å². The minimum atomic E-state index is -0.991. The van der Waals surface area contributed by atoms with Gasteiger partial charge in [-0.3, -0.25) is 10.2 Å². The fourth-order valence-electron chi connectivity index (χ4n) is 2.28. The molecule has 0 radical (unpaired) electrons. The Morgan fingerprint density at radius 2 is 1.96 bits per heavy atom. The summed E-state index contributed by atoms with van der Waals surface area (Å²) < 4.78 is 5.13. The summed E-state index contributed by atoms with van der Waals surface area (Å²) in [5.74, 6) is -0.328. The van der Waals surface area contributed by atoms with Gasteiger partial charge in [0.2, 0.25) is 0 Å². The molecule has 7 heteroatoms. The first-order valence-corrected chi connectivity index (χ1v) is 7.40. The smallest absolute Gasteiger partial charge is 0.335 e. The molecule has 3 N–H and O–H groups in total. The van der Waals surface area contributed by atoms with Crippen LogP contribution in [0.3, 0.4) is 0 Å². The van der Waals surface area contributed by atoms with Gasteiger partial charge < -0.3 is 14.8 Å². The first kappa shape index (κ1) is 16.3. The van der Waals surface area contributed by atoms with Crippen LogP contribution >= 0.6 is 0 Å². The van der Waals surface area contributed by atoms with Gasteiger partial charge in [0.05, 0.1) is 35.7 Å². The van der Waals surface area contributed by atoms with Gasteiger partial charge in [-0.25, -0.2) is 4.79 Å². The van der Waals surface area contributed by atoms with E-state index in [2.05, 4.69) is 15.5 Å². The zero-order valence-electron chi connectivity index (χ0n) is 13.3. The van der Waals surface area contributed by atoms with Gasteiger partial charge >= 0.3 is 5.97 Å². The lowest BCUT2D eigenvalue weighted by atomic mass is 10.1. The van der Waals surface area contributed by atoms with Crippen LogP contribution in [0.2, 0.25) is 0 Å². The van der Waals surface area contributed by atoms with Gasteiger partial charge in [0.15, 0.2) is 0 Å². The number of aromatic carboxylic acids is 1. The van der Waals surface area contributed by atoms with Crippen molar-refractivity contribution < 1.29 is 14.6 Å². The molecule has 0 aliphatic rings. The van der Waals surface area contributed by atoms with E-state index in [1.165, 1.54) is 18.3 Å². The zero-order chi connectivity index (χ0) is 17.8. The molecule has 25 heavy (non-hydrogen) atoms. The molecule has 0 saturated heterocycles. The molecule has 1 aromatic heterocycles. The van der Waals surface area contributed by atoms with Crippen LogP contribution in [0.1, 0.15) is 15.9 Å². The molecule has 0 bridgehead atoms. The second kappa shape index (κ2) is 6.88. The number of pyridine rings is 1. The van der Waals surface area contributed by atoms with Crippen LogP contribution in [0.5, 0.6) is 5.75 Å². The van der Waals surface area contributed by atoms with E-state index in [0.717, 1.165) is 5.39 Å². The van der Waals surface area contributed by atoms with Crippen molar-refractivity contribution in [2.24, 2.45) is 5.10 Å². The molecule has 0 spiro atoms. The summed E-state index contributed by atoms with van der Waals surface area (Å²) in [6.45, 7) is 0. The van der Waals surface area contributed by atoms with Crippen molar-refractivity contribution in [2.75, 3.05) is 12.5 Å². The molecular weight excluding hydrogens is 322 g/mol. The third-order valence-electron chi connectivity index (χ3n) is 3.61. The Bertz CT molecular complexity index is 1010. The quantitative estimate of drug-likeness (QED) is 0.490. The van der Waals surface area contributed by atoms with E-state index in [4.69, 9.17) is 9.84 Å². The highest BCUT2D eigenvalue weighted by atomic mass is 16.5. The van der Waals surface area contributed by atoms with Gasteiger partial charge in [0, 0.05) is 6.07 Å². The second-order valence-corrected chi connectivity index (χ2v) is 5.26. The molecule has 7 nitrogen and oxygen atoms in total. The third-order valence-corrected chi connectivity index (χ3v) is 3.61. The summed E-state index contributed by atoms with van der Waals surface area (Å²) >= 11 is 0. The predicted molar refractivity (Wildman–Crippen MR) is 95.7 cm³/mol. The van der Waals surface area contributed by atoms with Crippen molar-refractivity contribution in [3.05, 3.63) is 70.0 Å². The number of hydrazone groups is 1. The molecular formula is C18H15N3O4. The fourth-order valence-corrected chi connectivity index (χ4v) is 2.28. The maximum absolute atomic E-state index is 12.1. The van der Waals surface area contributed by atoms with Crippen molar-refractivity contribution in [3.8, 4) is 5.75 Å². The number of fused-ring (bicyclic) bond motifs is 1. The van der Waals surface area contributed by atoms with Crippen LogP contribution in [0.4, 0.5) is 5.69 Å². The number of aromatic amines is 1. The average molecular weight is 337 g/mol. The largest absolute Gasteiger partial charge is 0.497 e. The number of aromatic nitrogens is 1. The molecule has 3 rings (SSSR count). The SMILES string of the molecule is COc1ccc2cc(/C=N\Nc3ccc(C(=O)O)cc3)c(=O)[nH]c2c1. The minimum absolute atomic E-state index is 0.191. The first-order chi connectivity index (χ1) is 12.1. The highest BCUT2D eigenvalue weighted by Crippen LogP contribution is 2.18. The van der Waals surface area contributed by atoms with Crippen molar-refractivity contribution >= 4 is 28.8 Å². The van der Waals surface area contributed by atoms with Gasteiger partial charge in [-0.05, 0) is 47.9 Å². The highest BCUT2D eigenvalue weighted by Gasteiger charge is 2.03. The number of ether oxygens (including phenoxy) is 1. The second-order valence-electron chi connectivity index (χ2n) is 5.26. The van der Waals surface area contributed by atoms with E-state index < -0.39 is 5.97 Å². The monoisotopic (exact) mass is 337 g/mol. The Hall–Kier alpha value is -3.61. The van der Waals surface area contributed by atoms with Gasteiger partial charge in [-0.15, -0.1) is 0 Å². The molecule has 0 saturated carbocycles. The number of benzene rings is 2. The number of hydrogen-bond acceptors (Lipinski definition) is 5. The molecule has 0 amide bonds. The number of carboxylic acid groups (broad SMARTS) is 1. The molecule has 0 aliphatic carbocycles. The summed E-state index contributed by atoms with van der Waals surface area (Å²) in [5, 5.41) is 13.7. The average Bonchev–Trinajstić information content (AvgIpc) is 2.62. The third kappa shape index (κ3) is 3.66. The van der Waals surface area contributed by atoms with Crippen molar-refractivity contribution in [1.82, 2.24) is 4.98 Å². The van der Waals surface area contributed by atoms with Gasteiger partial charge in [-0.2, -0.15) is 5.10 Å². The minimum Gasteiger partial charge on any atom is -0.497 e. The highest BCUT2D eigenvalue weighted by molar-refractivity contribution is 5.89. The summed E-state index contributed by atoms with van der Waals surface area (Å²) in [5.41, 5.74) is 4.37. The molecule has 0 atom stereocenters. The zero-order valence-corrected chi connectivity index (χ0v) is 13.3. The van der Waals surface area contributed by atoms with Crippen molar-refractivity contribution in [2.45, 2.75) is 0 Å². The number of carbonyl (C=O) groups is 1. The van der Waals surface area contributed by atoms with Crippen LogP contribution in [-0.2, 0) is 0 Å². The molecule has 0 fully saturated rings. The summed E-state index contributed by atoms with van der Waals surface area (Å²) in [6, 6.07) is 13.3. The Morgan fingerprint density at radius 1 is 1.20 bits per heavy atom. The molecule has 0 aliphatic heterocycles. The maximum Gasteiger partial charge on any atom is 0.335 e. The topological polar surface area (TPSA) is 104 Å². The Labute approximate surface area is 142 Å². The number of carboxylic acids is 1. The van der Waals surface area contributed by atoms with E-state index in [-0.39, 0.29) is 11.1 Å². The number of rotatable bonds is 5. The molecule has 1 heterocycles. The molecule has 126 valence electrons. The van der Waals surface area contributed by atoms with Gasteiger partial charge in [-0.1, -0.05) is 0 Å². The predicted octanol–water partition coefficient (Wildman–Crippen LogP) is 2.68. The van der Waals surface area contributed by atoms with Gasteiger partial charge in [0.1, 0.15) is 5.75 Å². The summed E-state index contributed by atoms with van der Waals surface area (Å²) in [6.07, 6.45) is 1.41. The number of anilines is 1. The number of hydrogen-bond donors (Lipinski definition) is 3. The lowest BCUT2D eigenvalue weighted by molar-refractivity contribution is 0.0697. The van der Waals surface area contributed by atoms with Crippen molar-refractivity contribution in [1.29, 1.82) is 0 Å². The van der Waals surface area contributed by atoms with E-state index in [9.17, 15) is 9.59 Å². The van der Waals surface area contributed by atoms with Crippen molar-refractivity contribution in [3.63, 3.8) is 0 Å². The number of nitrogens with one attached hydrogen (secondary N) is 2. The van der Waals surface area contributed by atoms with Gasteiger partial charge in [0.25, 0.3) is 5.56 Å². The molecule has 2 aromatic carbocycles. The summed E-state index contributed by atoms with van der Waals surface area (Å²) in [4.78, 5) is 25.7. The first-order valence-electron chi connectivity index (χ1n) is 7.40. The Morgan fingerprint density at radius 3 is 2.64 bits per heavy atom. The Kier molecular flexibility index (Phi) is 4.47. The molecule has 0 unspecified atom stereocenters. The standard InChI is InChI=1S/C18H15N3O4/c1-25-15-7-4-12-8-13(17(22)20-16(12)9-15)10-19-21-14-5-2-11(3-6-14)18(23)24/h2-10,21H,1H3,(H,20,22)(H,23,24)/b19-10-. The van der Waals surface area contributed by atoms with Crippen LogP contribution in [0.15, 0.2) is 58.4 Å². The van der Waals surface area contributed by atoms with Crippen LogP contribution in [0, 0.1) is 0 Å². The van der Waals surface area contributed by atoms with Crippen LogP contribution in [-0.4, -0.2) is 29.4 Å². The fraction of sp³-hybridized carbons (Fsp3) is 0.0556. The van der Waals surface area contributed by atoms with Crippen LogP contribution < -0.4 is 15.7 Å².